The van der Waals surface area contributed by atoms with Gasteiger partial charge in [-0.15, -0.1) is 0 Å². The van der Waals surface area contributed by atoms with Gasteiger partial charge < -0.3 is 5.73 Å². The van der Waals surface area contributed by atoms with Crippen molar-refractivity contribution in [2.45, 2.75) is 44.6 Å². The van der Waals surface area contributed by atoms with E-state index in [-0.39, 0.29) is 6.04 Å². The summed E-state index contributed by atoms with van der Waals surface area (Å²) in [5, 5.41) is 4.59. The van der Waals surface area contributed by atoms with Gasteiger partial charge in [0.15, 0.2) is 11.5 Å². The molecule has 0 aliphatic heterocycles. The Morgan fingerprint density at radius 2 is 2.18 bits per heavy atom. The van der Waals surface area contributed by atoms with E-state index < -0.39 is 0 Å². The van der Waals surface area contributed by atoms with Crippen LogP contribution in [0.15, 0.2) is 18.3 Å². The molecule has 1 atom stereocenters. The predicted octanol–water partition coefficient (Wildman–Crippen LogP) is 2.41. The van der Waals surface area contributed by atoms with Crippen LogP contribution < -0.4 is 5.73 Å². The zero-order valence-electron chi connectivity index (χ0n) is 10.1. The molecule has 0 amide bonds. The smallest absolute Gasteiger partial charge is 0.160 e. The first-order valence-electron chi connectivity index (χ1n) is 6.36. The highest BCUT2D eigenvalue weighted by atomic mass is 15.3. The molecule has 4 heteroatoms. The first-order chi connectivity index (χ1) is 8.25. The normalized spacial score (nSPS) is 18.9. The monoisotopic (exact) mass is 230 g/mol. The maximum Gasteiger partial charge on any atom is 0.160 e. The molecular formula is C13H18N4. The van der Waals surface area contributed by atoms with Gasteiger partial charge in [-0.25, -0.2) is 9.50 Å². The zero-order valence-corrected chi connectivity index (χ0v) is 10.1. The van der Waals surface area contributed by atoms with Crippen molar-refractivity contribution in [1.29, 1.82) is 0 Å². The van der Waals surface area contributed by atoms with Crippen molar-refractivity contribution in [2.24, 2.45) is 5.73 Å². The van der Waals surface area contributed by atoms with E-state index in [9.17, 15) is 0 Å². The van der Waals surface area contributed by atoms with Gasteiger partial charge in [0.05, 0.1) is 0 Å². The lowest BCUT2D eigenvalue weighted by atomic mass is 10.1. The van der Waals surface area contributed by atoms with Crippen molar-refractivity contribution >= 4 is 5.65 Å². The summed E-state index contributed by atoms with van der Waals surface area (Å²) in [5.74, 6) is 1.55. The molecule has 1 saturated carbocycles. The molecule has 1 fully saturated rings. The van der Waals surface area contributed by atoms with E-state index in [1.54, 1.807) is 0 Å². The van der Waals surface area contributed by atoms with Gasteiger partial charge in [0.2, 0.25) is 0 Å². The molecule has 1 aliphatic carbocycles. The Labute approximate surface area is 101 Å². The van der Waals surface area contributed by atoms with Gasteiger partial charge >= 0.3 is 0 Å². The molecule has 17 heavy (non-hydrogen) atoms. The van der Waals surface area contributed by atoms with Crippen LogP contribution in [0.3, 0.4) is 0 Å². The van der Waals surface area contributed by atoms with Gasteiger partial charge in [-0.2, -0.15) is 5.10 Å². The molecule has 0 radical (unpaired) electrons. The number of hydrogen-bond acceptors (Lipinski definition) is 3. The molecule has 1 unspecified atom stereocenters. The SMILES string of the molecule is CC(N)c1cccn2nc(C3CCCC3)nc12. The summed E-state index contributed by atoms with van der Waals surface area (Å²) >= 11 is 0. The zero-order chi connectivity index (χ0) is 11.8. The third-order valence-electron chi connectivity index (χ3n) is 3.62. The Kier molecular flexibility index (Phi) is 2.59. The quantitative estimate of drug-likeness (QED) is 0.862. The van der Waals surface area contributed by atoms with E-state index in [2.05, 4.69) is 10.1 Å². The van der Waals surface area contributed by atoms with Gasteiger partial charge in [-0.1, -0.05) is 18.9 Å². The average molecular weight is 230 g/mol. The highest BCUT2D eigenvalue weighted by Crippen LogP contribution is 2.32. The molecule has 0 saturated heterocycles. The molecule has 0 bridgehead atoms. The van der Waals surface area contributed by atoms with E-state index in [0.717, 1.165) is 17.0 Å². The third-order valence-corrected chi connectivity index (χ3v) is 3.62. The van der Waals surface area contributed by atoms with Crippen LogP contribution in [0.1, 0.15) is 56.0 Å². The van der Waals surface area contributed by atoms with Gasteiger partial charge in [-0.05, 0) is 25.8 Å². The fourth-order valence-electron chi connectivity index (χ4n) is 2.66. The van der Waals surface area contributed by atoms with Crippen molar-refractivity contribution in [3.8, 4) is 0 Å². The van der Waals surface area contributed by atoms with Crippen molar-refractivity contribution in [1.82, 2.24) is 14.6 Å². The standard InChI is InChI=1S/C13H18N4/c1-9(14)11-7-4-8-17-13(11)15-12(16-17)10-5-2-3-6-10/h4,7-10H,2-3,5-6,14H2,1H3. The summed E-state index contributed by atoms with van der Waals surface area (Å²) in [6.45, 7) is 1.99. The average Bonchev–Trinajstić information content (AvgIpc) is 2.96. The van der Waals surface area contributed by atoms with Crippen LogP contribution in [0.25, 0.3) is 5.65 Å². The lowest BCUT2D eigenvalue weighted by molar-refractivity contribution is 0.666. The van der Waals surface area contributed by atoms with E-state index in [1.807, 2.05) is 29.8 Å². The summed E-state index contributed by atoms with van der Waals surface area (Å²) in [5.41, 5.74) is 7.96. The highest BCUT2D eigenvalue weighted by molar-refractivity contribution is 5.48. The highest BCUT2D eigenvalue weighted by Gasteiger charge is 2.22. The van der Waals surface area contributed by atoms with E-state index in [4.69, 9.17) is 5.73 Å². The molecule has 2 aromatic heterocycles. The first kappa shape index (κ1) is 10.7. The largest absolute Gasteiger partial charge is 0.324 e. The van der Waals surface area contributed by atoms with Crippen LogP contribution in [0, 0.1) is 0 Å². The number of pyridine rings is 1. The van der Waals surface area contributed by atoms with E-state index in [0.29, 0.717) is 5.92 Å². The first-order valence-corrected chi connectivity index (χ1v) is 6.36. The lowest BCUT2D eigenvalue weighted by Gasteiger charge is -2.05. The number of nitrogens with zero attached hydrogens (tertiary/aromatic N) is 3. The van der Waals surface area contributed by atoms with Crippen LogP contribution in [-0.4, -0.2) is 14.6 Å². The summed E-state index contributed by atoms with van der Waals surface area (Å²) in [4.78, 5) is 4.69. The number of hydrogen-bond donors (Lipinski definition) is 1. The van der Waals surface area contributed by atoms with E-state index >= 15 is 0 Å². The van der Waals surface area contributed by atoms with Crippen LogP contribution in [0.2, 0.25) is 0 Å². The molecule has 3 rings (SSSR count). The topological polar surface area (TPSA) is 56.2 Å². The molecule has 90 valence electrons. The van der Waals surface area contributed by atoms with Gasteiger partial charge in [0.1, 0.15) is 0 Å². The Balaban J connectivity index is 2.08. The Morgan fingerprint density at radius 3 is 2.88 bits per heavy atom. The van der Waals surface area contributed by atoms with Gasteiger partial charge in [-0.3, -0.25) is 0 Å². The lowest BCUT2D eigenvalue weighted by Crippen LogP contribution is -2.07. The van der Waals surface area contributed by atoms with Crippen molar-refractivity contribution in [3.63, 3.8) is 0 Å². The predicted molar refractivity (Wildman–Crippen MR) is 66.8 cm³/mol. The van der Waals surface area contributed by atoms with Gasteiger partial charge in [0.25, 0.3) is 0 Å². The van der Waals surface area contributed by atoms with Gasteiger partial charge in [0, 0.05) is 23.7 Å². The molecule has 1 aliphatic rings. The summed E-state index contributed by atoms with van der Waals surface area (Å²) in [7, 11) is 0. The molecule has 0 aromatic carbocycles. The molecule has 2 heterocycles. The van der Waals surface area contributed by atoms with E-state index in [1.165, 1.54) is 25.7 Å². The number of rotatable bonds is 2. The van der Waals surface area contributed by atoms with Crippen LogP contribution in [0.5, 0.6) is 0 Å². The molecule has 2 aromatic rings. The number of nitrogens with two attached hydrogens (primary N) is 1. The fourth-order valence-corrected chi connectivity index (χ4v) is 2.66. The molecule has 0 spiro atoms. The van der Waals surface area contributed by atoms with Crippen molar-refractivity contribution in [2.75, 3.05) is 0 Å². The van der Waals surface area contributed by atoms with Crippen molar-refractivity contribution in [3.05, 3.63) is 29.7 Å². The summed E-state index contributed by atoms with van der Waals surface area (Å²) < 4.78 is 1.87. The summed E-state index contributed by atoms with van der Waals surface area (Å²) in [6, 6.07) is 4.02. The maximum absolute atomic E-state index is 5.96. The minimum atomic E-state index is -0.000622. The Morgan fingerprint density at radius 1 is 1.41 bits per heavy atom. The minimum Gasteiger partial charge on any atom is -0.324 e. The van der Waals surface area contributed by atoms with Crippen LogP contribution in [0.4, 0.5) is 0 Å². The summed E-state index contributed by atoms with van der Waals surface area (Å²) in [6.07, 6.45) is 7.02. The third kappa shape index (κ3) is 1.82. The fraction of sp³-hybridized carbons (Fsp3) is 0.538. The molecule has 4 nitrogen and oxygen atoms in total. The van der Waals surface area contributed by atoms with Crippen molar-refractivity contribution < 1.29 is 0 Å². The second kappa shape index (κ2) is 4.11. The Hall–Kier alpha value is -1.42. The minimum absolute atomic E-state index is 0.000622. The second-order valence-corrected chi connectivity index (χ2v) is 4.97. The number of aromatic nitrogens is 3. The second-order valence-electron chi connectivity index (χ2n) is 4.97. The van der Waals surface area contributed by atoms with Crippen LogP contribution >= 0.6 is 0 Å². The Bertz CT molecular complexity index is 523. The molecule has 2 N–H and O–H groups in total. The number of fused-ring (bicyclic) bond motifs is 1. The molecular weight excluding hydrogens is 212 g/mol. The maximum atomic E-state index is 5.96. The van der Waals surface area contributed by atoms with Crippen LogP contribution in [-0.2, 0) is 0 Å².